The van der Waals surface area contributed by atoms with E-state index in [1.807, 2.05) is 0 Å². The zero-order chi connectivity index (χ0) is 10.2. The molecule has 0 bridgehead atoms. The zero-order valence-corrected chi connectivity index (χ0v) is 9.10. The van der Waals surface area contributed by atoms with Gasteiger partial charge in [-0.3, -0.25) is 4.79 Å². The number of hydrogen-bond acceptors (Lipinski definition) is 2. The summed E-state index contributed by atoms with van der Waals surface area (Å²) in [4.78, 5) is 11.5. The second-order valence-corrected chi connectivity index (χ2v) is 5.26. The molecule has 3 heteroatoms. The molecule has 0 aromatic carbocycles. The van der Waals surface area contributed by atoms with Crippen LogP contribution in [-0.4, -0.2) is 25.0 Å². The zero-order valence-electron chi connectivity index (χ0n) is 9.10. The molecule has 2 N–H and O–H groups in total. The van der Waals surface area contributed by atoms with Crippen LogP contribution in [0.4, 0.5) is 0 Å². The van der Waals surface area contributed by atoms with Crippen molar-refractivity contribution in [2.24, 2.45) is 11.3 Å². The molecule has 2 aliphatic carbocycles. The minimum absolute atomic E-state index is 0.243. The van der Waals surface area contributed by atoms with E-state index in [2.05, 4.69) is 24.5 Å². The maximum atomic E-state index is 11.5. The van der Waals surface area contributed by atoms with Crippen LogP contribution in [0.15, 0.2) is 0 Å². The summed E-state index contributed by atoms with van der Waals surface area (Å²) >= 11 is 0. The Balaban J connectivity index is 1.54. The van der Waals surface area contributed by atoms with E-state index in [-0.39, 0.29) is 17.2 Å². The lowest BCUT2D eigenvalue weighted by Crippen LogP contribution is -2.34. The Bertz CT molecular complexity index is 233. The summed E-state index contributed by atoms with van der Waals surface area (Å²) < 4.78 is 0. The van der Waals surface area contributed by atoms with E-state index in [1.54, 1.807) is 0 Å². The Hall–Kier alpha value is -0.570. The molecule has 2 saturated carbocycles. The highest BCUT2D eigenvalue weighted by atomic mass is 16.2. The van der Waals surface area contributed by atoms with Crippen molar-refractivity contribution in [3.8, 4) is 0 Å². The van der Waals surface area contributed by atoms with Crippen molar-refractivity contribution in [3.05, 3.63) is 0 Å². The molecule has 1 unspecified atom stereocenters. The summed E-state index contributed by atoms with van der Waals surface area (Å²) in [5.74, 6) is 0.510. The molecule has 0 heterocycles. The summed E-state index contributed by atoms with van der Waals surface area (Å²) in [5, 5.41) is 6.36. The second-order valence-electron chi connectivity index (χ2n) is 5.26. The third-order valence-corrected chi connectivity index (χ3v) is 3.26. The first kappa shape index (κ1) is 9.97. The van der Waals surface area contributed by atoms with E-state index in [0.29, 0.717) is 0 Å². The Kier molecular flexibility index (Phi) is 2.52. The van der Waals surface area contributed by atoms with Crippen LogP contribution in [0.1, 0.15) is 33.1 Å². The first-order chi connectivity index (χ1) is 6.59. The molecule has 2 aliphatic rings. The Morgan fingerprint density at radius 1 is 1.36 bits per heavy atom. The predicted octanol–water partition coefficient (Wildman–Crippen LogP) is 0.901. The van der Waals surface area contributed by atoms with Gasteiger partial charge in [0.15, 0.2) is 0 Å². The van der Waals surface area contributed by atoms with Crippen molar-refractivity contribution in [2.45, 2.75) is 39.2 Å². The van der Waals surface area contributed by atoms with Crippen LogP contribution in [-0.2, 0) is 4.79 Å². The highest BCUT2D eigenvalue weighted by Crippen LogP contribution is 2.51. The molecule has 0 aromatic heterocycles. The normalized spacial score (nSPS) is 28.6. The van der Waals surface area contributed by atoms with Crippen molar-refractivity contribution in [2.75, 3.05) is 13.1 Å². The molecule has 80 valence electrons. The second kappa shape index (κ2) is 3.54. The van der Waals surface area contributed by atoms with E-state index in [4.69, 9.17) is 0 Å². The third kappa shape index (κ3) is 2.47. The summed E-state index contributed by atoms with van der Waals surface area (Å²) in [5.41, 5.74) is 0.258. The molecule has 0 radical (unpaired) electrons. The fraction of sp³-hybridized carbons (Fsp3) is 0.909. The van der Waals surface area contributed by atoms with Gasteiger partial charge >= 0.3 is 0 Å². The molecule has 1 amide bonds. The summed E-state index contributed by atoms with van der Waals surface area (Å²) in [6, 6.07) is 0.740. The summed E-state index contributed by atoms with van der Waals surface area (Å²) in [6.07, 6.45) is 3.67. The van der Waals surface area contributed by atoms with Gasteiger partial charge in [-0.25, -0.2) is 0 Å². The van der Waals surface area contributed by atoms with Crippen molar-refractivity contribution in [1.82, 2.24) is 10.6 Å². The van der Waals surface area contributed by atoms with Crippen LogP contribution in [0, 0.1) is 11.3 Å². The molecule has 0 spiro atoms. The minimum Gasteiger partial charge on any atom is -0.355 e. The fourth-order valence-corrected chi connectivity index (χ4v) is 1.79. The summed E-state index contributed by atoms with van der Waals surface area (Å²) in [6.45, 7) is 6.00. The lowest BCUT2D eigenvalue weighted by atomic mass is 10.1. The van der Waals surface area contributed by atoms with Crippen molar-refractivity contribution in [3.63, 3.8) is 0 Å². The van der Waals surface area contributed by atoms with Gasteiger partial charge in [-0.05, 0) is 24.7 Å². The first-order valence-electron chi connectivity index (χ1n) is 5.61. The van der Waals surface area contributed by atoms with Crippen LogP contribution in [0.3, 0.4) is 0 Å². The number of rotatable bonds is 5. The highest BCUT2D eigenvalue weighted by Gasteiger charge is 2.50. The van der Waals surface area contributed by atoms with E-state index in [1.165, 1.54) is 12.8 Å². The largest absolute Gasteiger partial charge is 0.355 e. The monoisotopic (exact) mass is 196 g/mol. The van der Waals surface area contributed by atoms with Gasteiger partial charge in [0.2, 0.25) is 5.91 Å². The number of amides is 1. The summed E-state index contributed by atoms with van der Waals surface area (Å²) in [7, 11) is 0. The Labute approximate surface area is 85.6 Å². The molecule has 2 rings (SSSR count). The van der Waals surface area contributed by atoms with Crippen molar-refractivity contribution in [1.29, 1.82) is 0 Å². The number of carbonyl (C=O) groups excluding carboxylic acids is 1. The number of nitrogens with one attached hydrogen (secondary N) is 2. The molecule has 0 aromatic rings. The van der Waals surface area contributed by atoms with E-state index >= 15 is 0 Å². The quantitative estimate of drug-likeness (QED) is 0.641. The van der Waals surface area contributed by atoms with Gasteiger partial charge in [0.05, 0.1) is 0 Å². The number of carbonyl (C=O) groups is 1. The molecule has 1 atom stereocenters. The Morgan fingerprint density at radius 3 is 2.50 bits per heavy atom. The highest BCUT2D eigenvalue weighted by molar-refractivity contribution is 5.82. The van der Waals surface area contributed by atoms with Crippen LogP contribution >= 0.6 is 0 Å². The van der Waals surface area contributed by atoms with Gasteiger partial charge in [-0.15, -0.1) is 0 Å². The van der Waals surface area contributed by atoms with E-state index < -0.39 is 0 Å². The van der Waals surface area contributed by atoms with Crippen LogP contribution in [0.5, 0.6) is 0 Å². The SMILES string of the molecule is CC1(C)CC1C(=O)NCCNC1CC1. The smallest absolute Gasteiger partial charge is 0.223 e. The van der Waals surface area contributed by atoms with Crippen molar-refractivity contribution < 1.29 is 4.79 Å². The minimum atomic E-state index is 0.243. The van der Waals surface area contributed by atoms with Gasteiger partial charge < -0.3 is 10.6 Å². The predicted molar refractivity (Wildman–Crippen MR) is 55.9 cm³/mol. The van der Waals surface area contributed by atoms with Gasteiger partial charge in [0, 0.05) is 25.0 Å². The lowest BCUT2D eigenvalue weighted by Gasteiger charge is -2.06. The average molecular weight is 196 g/mol. The third-order valence-electron chi connectivity index (χ3n) is 3.26. The van der Waals surface area contributed by atoms with Gasteiger partial charge in [0.25, 0.3) is 0 Å². The fourth-order valence-electron chi connectivity index (χ4n) is 1.79. The van der Waals surface area contributed by atoms with Gasteiger partial charge in [0.1, 0.15) is 0 Å². The lowest BCUT2D eigenvalue weighted by molar-refractivity contribution is -0.122. The maximum absolute atomic E-state index is 11.5. The molecule has 2 fully saturated rings. The topological polar surface area (TPSA) is 41.1 Å². The van der Waals surface area contributed by atoms with Crippen LogP contribution in [0.25, 0.3) is 0 Å². The van der Waals surface area contributed by atoms with E-state index in [0.717, 1.165) is 25.6 Å². The molecule has 0 aliphatic heterocycles. The standard InChI is InChI=1S/C11H20N2O/c1-11(2)7-9(11)10(14)13-6-5-12-8-3-4-8/h8-9,12H,3-7H2,1-2H3,(H,13,14). The average Bonchev–Trinajstić information content (AvgIpc) is 2.97. The van der Waals surface area contributed by atoms with Crippen LogP contribution < -0.4 is 10.6 Å². The first-order valence-corrected chi connectivity index (χ1v) is 5.61. The molecular weight excluding hydrogens is 176 g/mol. The number of hydrogen-bond donors (Lipinski definition) is 2. The van der Waals surface area contributed by atoms with Crippen LogP contribution in [0.2, 0.25) is 0 Å². The Morgan fingerprint density at radius 2 is 2.00 bits per heavy atom. The van der Waals surface area contributed by atoms with Crippen molar-refractivity contribution >= 4 is 5.91 Å². The van der Waals surface area contributed by atoms with Gasteiger partial charge in [-0.1, -0.05) is 13.8 Å². The molecular formula is C11H20N2O. The molecule has 0 saturated heterocycles. The van der Waals surface area contributed by atoms with E-state index in [9.17, 15) is 4.79 Å². The molecule has 14 heavy (non-hydrogen) atoms. The van der Waals surface area contributed by atoms with Gasteiger partial charge in [-0.2, -0.15) is 0 Å². The molecule has 3 nitrogen and oxygen atoms in total. The maximum Gasteiger partial charge on any atom is 0.223 e.